The van der Waals surface area contributed by atoms with Gasteiger partial charge in [-0.05, 0) is 189 Å². The van der Waals surface area contributed by atoms with Crippen LogP contribution in [0.15, 0.2) is 108 Å². The van der Waals surface area contributed by atoms with Gasteiger partial charge in [0.2, 0.25) is 0 Å². The van der Waals surface area contributed by atoms with Gasteiger partial charge in [0.1, 0.15) is 34.5 Å². The Labute approximate surface area is 468 Å². The average Bonchev–Trinajstić information content (AvgIpc) is 3.43. The molecule has 0 unspecified atom stereocenters. The standard InChI is InChI=1S/C24H34O4.C23H32O4.C21H30O2/c1-6-7-8-9-18-13-21(25)24(22(14-18)28-15-23(26)27-5)20-12-17(4)10-11-19(20)16(2)3;1-5-6-7-8-17-12-20(24)23(21(13-17)27-14-22(25)26)19-11-16(4)9-10-18(19)15(2)3;1-5-6-7-8-16-12-19(22)21(20(23)13-16)18-11-15(4)9-10-17(18)14(2)3/h10,13-14,19-20,25H,2,6-9,11-12,15H2,1,3-5H3;9,12-13,18-19,24H,2,5-8,10-11,14H2,1,3-4H3,(H,25,26);9,12-13,17-18,22-23H,2,5-8,10-11H2,1,3-4H3/t19-,20+;18-,19+;17-,18+/m000/s1. The minimum Gasteiger partial charge on any atom is -0.508 e. The van der Waals surface area contributed by atoms with Crippen LogP contribution >= 0.6 is 0 Å². The van der Waals surface area contributed by atoms with Crippen molar-refractivity contribution in [3.8, 4) is 34.5 Å². The monoisotopic (exact) mass is 1070 g/mol. The number of carbonyl (C=O) groups excluding carboxylic acids is 1. The second-order valence-electron chi connectivity index (χ2n) is 22.7. The molecule has 3 aliphatic carbocycles. The van der Waals surface area contributed by atoms with Crippen LogP contribution < -0.4 is 9.47 Å². The first-order valence-corrected chi connectivity index (χ1v) is 28.9. The minimum atomic E-state index is -1.02. The van der Waals surface area contributed by atoms with Crippen molar-refractivity contribution in [1.82, 2.24) is 0 Å². The quantitative estimate of drug-likeness (QED) is 0.0332. The van der Waals surface area contributed by atoms with Crippen molar-refractivity contribution in [2.45, 2.75) is 196 Å². The number of aryl methyl sites for hydroxylation is 3. The molecule has 3 aromatic rings. The molecule has 78 heavy (non-hydrogen) atoms. The van der Waals surface area contributed by atoms with E-state index in [-0.39, 0.29) is 65.1 Å². The summed E-state index contributed by atoms with van der Waals surface area (Å²) in [5.41, 5.74) is 12.4. The van der Waals surface area contributed by atoms with E-state index in [0.717, 1.165) is 147 Å². The van der Waals surface area contributed by atoms with E-state index in [1.807, 2.05) is 57.2 Å². The van der Waals surface area contributed by atoms with Crippen LogP contribution in [0, 0.1) is 17.8 Å². The number of phenols is 4. The molecule has 3 aliphatic rings. The fourth-order valence-corrected chi connectivity index (χ4v) is 11.6. The Morgan fingerprint density at radius 3 is 1.12 bits per heavy atom. The highest BCUT2D eigenvalue weighted by atomic mass is 16.6. The molecule has 0 saturated heterocycles. The van der Waals surface area contributed by atoms with Crippen molar-refractivity contribution >= 4 is 11.9 Å². The molecular weight excluding hydrogens is 977 g/mol. The van der Waals surface area contributed by atoms with Gasteiger partial charge < -0.3 is 39.7 Å². The number of rotatable bonds is 24. The highest BCUT2D eigenvalue weighted by molar-refractivity contribution is 5.71. The molecule has 10 heteroatoms. The molecule has 0 radical (unpaired) electrons. The number of aliphatic carboxylic acids is 1. The van der Waals surface area contributed by atoms with Crippen molar-refractivity contribution in [2.75, 3.05) is 20.3 Å². The van der Waals surface area contributed by atoms with Crippen LogP contribution in [-0.4, -0.2) is 57.8 Å². The summed E-state index contributed by atoms with van der Waals surface area (Å²) in [5.74, 6) is 1.52. The summed E-state index contributed by atoms with van der Waals surface area (Å²) in [5, 5.41) is 52.0. The third-order valence-corrected chi connectivity index (χ3v) is 15.9. The number of esters is 1. The predicted molar refractivity (Wildman–Crippen MR) is 318 cm³/mol. The summed E-state index contributed by atoms with van der Waals surface area (Å²) in [7, 11) is 1.34. The Bertz CT molecular complexity index is 2590. The van der Waals surface area contributed by atoms with Crippen LogP contribution in [0.3, 0.4) is 0 Å². The number of hydrogen-bond donors (Lipinski definition) is 5. The van der Waals surface area contributed by atoms with Crippen molar-refractivity contribution in [2.24, 2.45) is 17.8 Å². The normalized spacial score (nSPS) is 19.8. The maximum Gasteiger partial charge on any atom is 0.343 e. The Balaban J connectivity index is 0.000000254. The van der Waals surface area contributed by atoms with E-state index in [0.29, 0.717) is 17.1 Å². The van der Waals surface area contributed by atoms with Gasteiger partial charge in [0.15, 0.2) is 13.2 Å². The largest absolute Gasteiger partial charge is 0.508 e. The molecule has 0 amide bonds. The van der Waals surface area contributed by atoms with Gasteiger partial charge in [0, 0.05) is 34.4 Å². The third-order valence-electron chi connectivity index (χ3n) is 15.9. The third kappa shape index (κ3) is 19.0. The Hall–Kier alpha value is -6.16. The van der Waals surface area contributed by atoms with Crippen molar-refractivity contribution in [1.29, 1.82) is 0 Å². The number of carboxylic acids is 1. The number of allylic oxidation sites excluding steroid dienone is 9. The lowest BCUT2D eigenvalue weighted by atomic mass is 9.72. The SMILES string of the molecule is C=C(C)[C@@H]1CC=C(C)C[C@H]1c1c(O)cc(CCCCC)cc1O.C=C(C)[C@@H]1CC=C(C)C[C@H]1c1c(O)cc(CCCCC)cc1OCC(=O)O.C=C(C)[C@@H]1CC=C(C)C[C@H]1c1c(O)cc(CCCCC)cc1OCC(=O)OC. The number of hydrogen-bond acceptors (Lipinski definition) is 9. The fourth-order valence-electron chi connectivity index (χ4n) is 11.6. The van der Waals surface area contributed by atoms with Gasteiger partial charge in [0.25, 0.3) is 0 Å². The van der Waals surface area contributed by atoms with Crippen LogP contribution in [0.25, 0.3) is 0 Å². The summed E-state index contributed by atoms with van der Waals surface area (Å²) < 4.78 is 16.2. The number of phenolic OH excluding ortho intramolecular Hbond substituents is 4. The molecular formula is C68H96O10. The lowest BCUT2D eigenvalue weighted by Crippen LogP contribution is -2.20. The number of unbranched alkanes of at least 4 members (excludes halogenated alkanes) is 6. The van der Waals surface area contributed by atoms with Gasteiger partial charge in [-0.2, -0.15) is 0 Å². The van der Waals surface area contributed by atoms with Crippen LogP contribution in [0.4, 0.5) is 0 Å². The predicted octanol–water partition coefficient (Wildman–Crippen LogP) is 17.1. The van der Waals surface area contributed by atoms with Crippen LogP contribution in [0.2, 0.25) is 0 Å². The van der Waals surface area contributed by atoms with Gasteiger partial charge in [-0.3, -0.25) is 0 Å². The van der Waals surface area contributed by atoms with Crippen molar-refractivity contribution in [3.05, 3.63) is 141 Å². The number of carbonyl (C=O) groups is 2. The van der Waals surface area contributed by atoms with E-state index in [1.165, 1.54) is 36.7 Å². The lowest BCUT2D eigenvalue weighted by molar-refractivity contribution is -0.143. The van der Waals surface area contributed by atoms with Crippen LogP contribution in [-0.2, 0) is 33.6 Å². The first-order valence-electron chi connectivity index (χ1n) is 28.9. The molecule has 3 aromatic carbocycles. The van der Waals surface area contributed by atoms with E-state index in [9.17, 15) is 30.0 Å². The average molecular weight is 1070 g/mol. The van der Waals surface area contributed by atoms with Gasteiger partial charge in [-0.1, -0.05) is 131 Å². The maximum absolute atomic E-state index is 11.6. The Morgan fingerprint density at radius 2 is 0.808 bits per heavy atom. The van der Waals surface area contributed by atoms with E-state index in [2.05, 4.69) is 79.5 Å². The molecule has 6 rings (SSSR count). The number of carboxylic acid groups (broad SMARTS) is 1. The lowest BCUT2D eigenvalue weighted by Gasteiger charge is -2.33. The number of benzene rings is 3. The molecule has 0 aromatic heterocycles. The molecule has 0 aliphatic heterocycles. The molecule has 0 spiro atoms. The highest BCUT2D eigenvalue weighted by Crippen LogP contribution is 2.51. The molecule has 6 atom stereocenters. The van der Waals surface area contributed by atoms with E-state index >= 15 is 0 Å². The summed E-state index contributed by atoms with van der Waals surface area (Å²) >= 11 is 0. The zero-order chi connectivity index (χ0) is 57.6. The highest BCUT2D eigenvalue weighted by Gasteiger charge is 2.34. The number of methoxy groups -OCH3 is 1. The zero-order valence-electron chi connectivity index (χ0n) is 49.2. The summed E-state index contributed by atoms with van der Waals surface area (Å²) in [4.78, 5) is 22.7. The smallest absolute Gasteiger partial charge is 0.343 e. The Kier molecular flexibility index (Phi) is 26.4. The zero-order valence-corrected chi connectivity index (χ0v) is 49.2. The first-order chi connectivity index (χ1) is 37.1. The van der Waals surface area contributed by atoms with Crippen LogP contribution in [0.1, 0.15) is 210 Å². The first kappa shape index (κ1) is 64.4. The molecule has 0 fully saturated rings. The van der Waals surface area contributed by atoms with E-state index < -0.39 is 18.5 Å². The second-order valence-corrected chi connectivity index (χ2v) is 22.7. The molecule has 0 bridgehead atoms. The molecule has 10 nitrogen and oxygen atoms in total. The van der Waals surface area contributed by atoms with Crippen molar-refractivity contribution < 1.29 is 49.3 Å². The molecule has 428 valence electrons. The van der Waals surface area contributed by atoms with Gasteiger partial charge >= 0.3 is 11.9 Å². The topological polar surface area (TPSA) is 163 Å². The Morgan fingerprint density at radius 1 is 0.500 bits per heavy atom. The fraction of sp³-hybridized carbons (Fsp3) is 0.529. The van der Waals surface area contributed by atoms with E-state index in [4.69, 9.17) is 19.3 Å². The van der Waals surface area contributed by atoms with Gasteiger partial charge in [-0.15, -0.1) is 0 Å². The second kappa shape index (κ2) is 32.0. The molecule has 5 N–H and O–H groups in total. The van der Waals surface area contributed by atoms with Crippen molar-refractivity contribution in [3.63, 3.8) is 0 Å². The molecule has 0 heterocycles. The van der Waals surface area contributed by atoms with Gasteiger partial charge in [0.05, 0.1) is 7.11 Å². The number of aromatic hydroxyl groups is 4. The molecule has 0 saturated carbocycles. The maximum atomic E-state index is 11.6. The summed E-state index contributed by atoms with van der Waals surface area (Å²) in [6.07, 6.45) is 24.7. The number of ether oxygens (including phenoxy) is 3. The van der Waals surface area contributed by atoms with Gasteiger partial charge in [-0.25, -0.2) is 9.59 Å². The summed E-state index contributed by atoms with van der Waals surface area (Å²) in [6, 6.07) is 11.3. The van der Waals surface area contributed by atoms with E-state index in [1.54, 1.807) is 0 Å². The summed E-state index contributed by atoms with van der Waals surface area (Å²) in [6.45, 7) is 30.8. The van der Waals surface area contributed by atoms with Crippen LogP contribution in [0.5, 0.6) is 34.5 Å². The minimum absolute atomic E-state index is 0.0426.